The molecule has 0 bridgehead atoms. The Balaban J connectivity index is 2.47. The third kappa shape index (κ3) is 5.69. The van der Waals surface area contributed by atoms with E-state index in [0.29, 0.717) is 27.5 Å². The van der Waals surface area contributed by atoms with Crippen molar-refractivity contribution in [2.75, 3.05) is 12.9 Å². The van der Waals surface area contributed by atoms with E-state index < -0.39 is 32.1 Å². The van der Waals surface area contributed by atoms with Crippen molar-refractivity contribution in [3.63, 3.8) is 0 Å². The van der Waals surface area contributed by atoms with Gasteiger partial charge in [-0.15, -0.1) is 0 Å². The number of esters is 1. The minimum atomic E-state index is -3.77. The number of carbonyl (C=O) groups excluding carboxylic acids is 1. The fourth-order valence-corrected chi connectivity index (χ4v) is 3.49. The summed E-state index contributed by atoms with van der Waals surface area (Å²) >= 11 is 6.09. The zero-order valence-corrected chi connectivity index (χ0v) is 17.9. The van der Waals surface area contributed by atoms with Crippen LogP contribution in [0.2, 0.25) is 5.02 Å². The summed E-state index contributed by atoms with van der Waals surface area (Å²) in [4.78, 5) is 11.5. The third-order valence-electron chi connectivity index (χ3n) is 3.68. The second-order valence-corrected chi connectivity index (χ2v) is 9.81. The highest BCUT2D eigenvalue weighted by atomic mass is 35.5. The quantitative estimate of drug-likeness (QED) is 0.652. The van der Waals surface area contributed by atoms with E-state index in [1.807, 2.05) is 0 Å². The molecule has 0 fully saturated rings. The van der Waals surface area contributed by atoms with Gasteiger partial charge in [0.1, 0.15) is 22.1 Å². The summed E-state index contributed by atoms with van der Waals surface area (Å²) in [5.74, 6) is -1.09. The molecule has 2 aromatic carbocycles. The highest BCUT2D eigenvalue weighted by Gasteiger charge is 2.20. The average molecular weight is 429 g/mol. The molecule has 0 heterocycles. The Kier molecular flexibility index (Phi) is 6.41. The van der Waals surface area contributed by atoms with E-state index in [9.17, 15) is 17.6 Å². The van der Waals surface area contributed by atoms with E-state index in [1.54, 1.807) is 45.9 Å². The molecule has 0 spiro atoms. The number of aryl methyl sites for hydroxylation is 1. The summed E-state index contributed by atoms with van der Waals surface area (Å²) in [6.45, 7) is 6.53. The standard InChI is InChI=1S/C20H22ClFO5S/c1-12-8-16(22)18(28(5,24)25)10-14(12)15-9-13(21)6-7-17(15)26-11-19(23)27-20(2,3)4/h6-10H,11H2,1-5H3. The summed E-state index contributed by atoms with van der Waals surface area (Å²) in [6.07, 6.45) is 0.933. The topological polar surface area (TPSA) is 69.7 Å². The highest BCUT2D eigenvalue weighted by Crippen LogP contribution is 2.36. The van der Waals surface area contributed by atoms with Gasteiger partial charge < -0.3 is 9.47 Å². The molecule has 2 rings (SSSR count). The van der Waals surface area contributed by atoms with Gasteiger partial charge in [0.2, 0.25) is 0 Å². The van der Waals surface area contributed by atoms with Crippen LogP contribution in [0.15, 0.2) is 35.2 Å². The maximum absolute atomic E-state index is 14.1. The summed E-state index contributed by atoms with van der Waals surface area (Å²) < 4.78 is 48.7. The van der Waals surface area contributed by atoms with Gasteiger partial charge in [0, 0.05) is 16.8 Å². The van der Waals surface area contributed by atoms with E-state index >= 15 is 0 Å². The van der Waals surface area contributed by atoms with Crippen molar-refractivity contribution in [3.05, 3.63) is 46.7 Å². The summed E-state index contributed by atoms with van der Waals surface area (Å²) in [5.41, 5.74) is 0.720. The second-order valence-electron chi connectivity index (χ2n) is 7.39. The van der Waals surface area contributed by atoms with Crippen molar-refractivity contribution in [2.24, 2.45) is 0 Å². The molecule has 0 aliphatic heterocycles. The molecule has 0 radical (unpaired) electrons. The molecule has 8 heteroatoms. The highest BCUT2D eigenvalue weighted by molar-refractivity contribution is 7.90. The van der Waals surface area contributed by atoms with Crippen molar-refractivity contribution < 1.29 is 27.1 Å². The SMILES string of the molecule is Cc1cc(F)c(S(C)(=O)=O)cc1-c1cc(Cl)ccc1OCC(=O)OC(C)(C)C. The van der Waals surface area contributed by atoms with Crippen molar-refractivity contribution >= 4 is 27.4 Å². The maximum atomic E-state index is 14.1. The van der Waals surface area contributed by atoms with Crippen LogP contribution < -0.4 is 4.74 Å². The molecular formula is C20H22ClFO5S. The largest absolute Gasteiger partial charge is 0.481 e. The first-order valence-electron chi connectivity index (χ1n) is 8.43. The Labute approximate surface area is 169 Å². The zero-order chi connectivity index (χ0) is 21.3. The van der Waals surface area contributed by atoms with Gasteiger partial charge in [-0.25, -0.2) is 17.6 Å². The van der Waals surface area contributed by atoms with Crippen LogP contribution in [0.4, 0.5) is 4.39 Å². The van der Waals surface area contributed by atoms with Crippen LogP contribution in [0, 0.1) is 12.7 Å². The molecule has 0 amide bonds. The van der Waals surface area contributed by atoms with Crippen LogP contribution >= 0.6 is 11.6 Å². The number of sulfone groups is 1. The smallest absolute Gasteiger partial charge is 0.344 e. The molecule has 0 N–H and O–H groups in total. The monoisotopic (exact) mass is 428 g/mol. The lowest BCUT2D eigenvalue weighted by molar-refractivity contribution is -0.157. The van der Waals surface area contributed by atoms with Crippen LogP contribution in [0.25, 0.3) is 11.1 Å². The summed E-state index contributed by atoms with van der Waals surface area (Å²) in [5, 5.41) is 0.379. The van der Waals surface area contributed by atoms with Gasteiger partial charge in [0.05, 0.1) is 0 Å². The molecular weight excluding hydrogens is 407 g/mol. The lowest BCUT2D eigenvalue weighted by Gasteiger charge is -2.20. The Morgan fingerprint density at radius 2 is 1.79 bits per heavy atom. The van der Waals surface area contributed by atoms with Crippen LogP contribution in [0.5, 0.6) is 5.75 Å². The summed E-state index contributed by atoms with van der Waals surface area (Å²) in [7, 11) is -3.77. The van der Waals surface area contributed by atoms with E-state index in [-0.39, 0.29) is 6.61 Å². The fraction of sp³-hybridized carbons (Fsp3) is 0.350. The number of benzene rings is 2. The van der Waals surface area contributed by atoms with Gasteiger partial charge in [0.25, 0.3) is 0 Å². The number of rotatable bonds is 5. The third-order valence-corrected chi connectivity index (χ3v) is 5.02. The first kappa shape index (κ1) is 22.2. The van der Waals surface area contributed by atoms with Gasteiger partial charge >= 0.3 is 5.97 Å². The molecule has 2 aromatic rings. The Morgan fingerprint density at radius 3 is 2.36 bits per heavy atom. The van der Waals surface area contributed by atoms with Crippen molar-refractivity contribution in [3.8, 4) is 16.9 Å². The predicted octanol–water partition coefficient (Wildman–Crippen LogP) is 4.58. The fourth-order valence-electron chi connectivity index (χ4n) is 2.57. The molecule has 0 saturated carbocycles. The molecule has 0 aliphatic carbocycles. The minimum absolute atomic E-state index is 0.296. The van der Waals surface area contributed by atoms with Crippen LogP contribution in [0.1, 0.15) is 26.3 Å². The molecule has 0 atom stereocenters. The Hall–Kier alpha value is -2.12. The number of hydrogen-bond acceptors (Lipinski definition) is 5. The molecule has 0 aliphatic rings. The predicted molar refractivity (Wildman–Crippen MR) is 106 cm³/mol. The van der Waals surface area contributed by atoms with Crippen LogP contribution in [-0.4, -0.2) is 32.9 Å². The molecule has 0 aromatic heterocycles. The van der Waals surface area contributed by atoms with Gasteiger partial charge in [-0.3, -0.25) is 0 Å². The lowest BCUT2D eigenvalue weighted by atomic mass is 9.99. The number of carbonyl (C=O) groups is 1. The average Bonchev–Trinajstić information content (AvgIpc) is 2.51. The summed E-state index contributed by atoms with van der Waals surface area (Å²) in [6, 6.07) is 7.09. The maximum Gasteiger partial charge on any atom is 0.344 e. The van der Waals surface area contributed by atoms with E-state index in [4.69, 9.17) is 21.1 Å². The number of hydrogen-bond donors (Lipinski definition) is 0. The van der Waals surface area contributed by atoms with Crippen LogP contribution in [0.3, 0.4) is 0 Å². The first-order chi connectivity index (χ1) is 12.8. The van der Waals surface area contributed by atoms with Crippen molar-refractivity contribution in [2.45, 2.75) is 38.2 Å². The van der Waals surface area contributed by atoms with E-state index in [1.165, 1.54) is 6.07 Å². The lowest BCUT2D eigenvalue weighted by Crippen LogP contribution is -2.27. The van der Waals surface area contributed by atoms with Gasteiger partial charge in [-0.2, -0.15) is 0 Å². The minimum Gasteiger partial charge on any atom is -0.481 e. The van der Waals surface area contributed by atoms with E-state index in [2.05, 4.69) is 0 Å². The molecule has 5 nitrogen and oxygen atoms in total. The van der Waals surface area contributed by atoms with E-state index in [0.717, 1.165) is 12.3 Å². The molecule has 0 unspecified atom stereocenters. The van der Waals surface area contributed by atoms with Crippen molar-refractivity contribution in [1.82, 2.24) is 0 Å². The molecule has 28 heavy (non-hydrogen) atoms. The first-order valence-corrected chi connectivity index (χ1v) is 10.7. The van der Waals surface area contributed by atoms with Crippen LogP contribution in [-0.2, 0) is 19.4 Å². The Morgan fingerprint density at radius 1 is 1.14 bits per heavy atom. The Bertz CT molecular complexity index is 1010. The number of ether oxygens (including phenoxy) is 2. The van der Waals surface area contributed by atoms with Gasteiger partial charge in [-0.05, 0) is 69.2 Å². The normalized spacial score (nSPS) is 12.0. The zero-order valence-electron chi connectivity index (χ0n) is 16.3. The van der Waals surface area contributed by atoms with Crippen molar-refractivity contribution in [1.29, 1.82) is 0 Å². The molecule has 0 saturated heterocycles. The van der Waals surface area contributed by atoms with Gasteiger partial charge in [0.15, 0.2) is 16.4 Å². The van der Waals surface area contributed by atoms with Gasteiger partial charge in [-0.1, -0.05) is 11.6 Å². The number of halogens is 2. The second kappa shape index (κ2) is 8.09. The molecule has 152 valence electrons.